The smallest absolute Gasteiger partial charge is 0.255 e. The fraction of sp³-hybridized carbons (Fsp3) is 0.208. The molecule has 0 aromatic heterocycles. The molecule has 31 heavy (non-hydrogen) atoms. The average molecular weight is 439 g/mol. The second-order valence-corrected chi connectivity index (χ2v) is 9.35. The van der Waals surface area contributed by atoms with E-state index in [9.17, 15) is 13.2 Å². The Morgan fingerprint density at radius 1 is 1.00 bits per heavy atom. The van der Waals surface area contributed by atoms with E-state index in [2.05, 4.69) is 5.32 Å². The van der Waals surface area contributed by atoms with Gasteiger partial charge in [-0.25, -0.2) is 8.42 Å². The van der Waals surface area contributed by atoms with Crippen LogP contribution in [0, 0.1) is 13.8 Å². The van der Waals surface area contributed by atoms with Gasteiger partial charge in [-0.15, -0.1) is 0 Å². The maximum atomic E-state index is 12.6. The molecule has 0 unspecified atom stereocenters. The van der Waals surface area contributed by atoms with Gasteiger partial charge < -0.3 is 10.1 Å². The summed E-state index contributed by atoms with van der Waals surface area (Å²) in [6.45, 7) is 4.00. The van der Waals surface area contributed by atoms with Gasteiger partial charge in [-0.2, -0.15) is 0 Å². The lowest BCUT2D eigenvalue weighted by Crippen LogP contribution is -2.30. The van der Waals surface area contributed by atoms with Gasteiger partial charge in [0.2, 0.25) is 10.0 Å². The zero-order chi connectivity index (χ0) is 22.6. The number of methoxy groups -OCH3 is 1. The third-order valence-electron chi connectivity index (χ3n) is 4.90. The van der Waals surface area contributed by atoms with E-state index in [1.54, 1.807) is 55.6 Å². The van der Waals surface area contributed by atoms with Crippen LogP contribution in [0.2, 0.25) is 0 Å². The number of hydrogen-bond donors (Lipinski definition) is 1. The number of carbonyl (C=O) groups excluding carboxylic acids is 1. The number of amides is 1. The van der Waals surface area contributed by atoms with Crippen LogP contribution in [0.5, 0.6) is 5.75 Å². The number of benzene rings is 3. The van der Waals surface area contributed by atoms with Crippen molar-refractivity contribution in [3.8, 4) is 5.75 Å². The highest BCUT2D eigenvalue weighted by Crippen LogP contribution is 2.26. The largest absolute Gasteiger partial charge is 0.497 e. The highest BCUT2D eigenvalue weighted by atomic mass is 32.2. The highest BCUT2D eigenvalue weighted by molar-refractivity contribution is 7.92. The van der Waals surface area contributed by atoms with Crippen molar-refractivity contribution in [2.24, 2.45) is 0 Å². The van der Waals surface area contributed by atoms with Crippen LogP contribution in [0.15, 0.2) is 66.7 Å². The first-order valence-electron chi connectivity index (χ1n) is 9.76. The van der Waals surface area contributed by atoms with Crippen LogP contribution in [-0.4, -0.2) is 27.7 Å². The molecule has 0 aliphatic rings. The monoisotopic (exact) mass is 438 g/mol. The van der Waals surface area contributed by atoms with Gasteiger partial charge in [0.05, 0.1) is 25.6 Å². The van der Waals surface area contributed by atoms with Gasteiger partial charge >= 0.3 is 0 Å². The van der Waals surface area contributed by atoms with Crippen molar-refractivity contribution in [3.05, 3.63) is 89.0 Å². The lowest BCUT2D eigenvalue weighted by molar-refractivity contribution is 0.102. The maximum Gasteiger partial charge on any atom is 0.255 e. The van der Waals surface area contributed by atoms with E-state index in [0.717, 1.165) is 16.7 Å². The van der Waals surface area contributed by atoms with E-state index < -0.39 is 10.0 Å². The van der Waals surface area contributed by atoms with Crippen molar-refractivity contribution in [1.82, 2.24) is 0 Å². The number of carbonyl (C=O) groups is 1. The number of aryl methyl sites for hydroxylation is 2. The van der Waals surface area contributed by atoms with Crippen LogP contribution in [0.1, 0.15) is 27.0 Å². The summed E-state index contributed by atoms with van der Waals surface area (Å²) in [5.41, 5.74) is 4.41. The van der Waals surface area contributed by atoms with Crippen LogP contribution in [0.4, 0.5) is 11.4 Å². The van der Waals surface area contributed by atoms with Crippen molar-refractivity contribution in [1.29, 1.82) is 0 Å². The predicted molar refractivity (Wildman–Crippen MR) is 124 cm³/mol. The Balaban J connectivity index is 1.79. The quantitative estimate of drug-likeness (QED) is 0.588. The third kappa shape index (κ3) is 5.64. The SMILES string of the molecule is COc1cccc(NC(=O)c2ccc(CN(c3cc(C)ccc3C)S(C)(=O)=O)cc2)c1. The normalized spacial score (nSPS) is 11.1. The van der Waals surface area contributed by atoms with Gasteiger partial charge in [-0.05, 0) is 60.9 Å². The van der Waals surface area contributed by atoms with E-state index in [1.165, 1.54) is 10.6 Å². The van der Waals surface area contributed by atoms with Crippen molar-refractivity contribution in [3.63, 3.8) is 0 Å². The molecule has 162 valence electrons. The first kappa shape index (κ1) is 22.4. The zero-order valence-electron chi connectivity index (χ0n) is 18.0. The van der Waals surface area contributed by atoms with Crippen molar-refractivity contribution >= 4 is 27.3 Å². The molecule has 0 aliphatic carbocycles. The summed E-state index contributed by atoms with van der Waals surface area (Å²) in [5, 5.41) is 2.83. The number of nitrogens with one attached hydrogen (secondary N) is 1. The molecule has 0 saturated heterocycles. The molecular formula is C24H26N2O4S. The van der Waals surface area contributed by atoms with Gasteiger partial charge in [-0.3, -0.25) is 9.10 Å². The molecule has 0 atom stereocenters. The summed E-state index contributed by atoms with van der Waals surface area (Å²) in [4.78, 5) is 12.6. The number of ether oxygens (including phenoxy) is 1. The molecule has 0 heterocycles. The van der Waals surface area contributed by atoms with Gasteiger partial charge in [0.1, 0.15) is 5.75 Å². The molecule has 7 heteroatoms. The molecule has 3 aromatic carbocycles. The van der Waals surface area contributed by atoms with Gasteiger partial charge in [0.15, 0.2) is 0 Å². The van der Waals surface area contributed by atoms with Crippen LogP contribution in [-0.2, 0) is 16.6 Å². The molecular weight excluding hydrogens is 412 g/mol. The molecule has 1 N–H and O–H groups in total. The van der Waals surface area contributed by atoms with Crippen LogP contribution in [0.25, 0.3) is 0 Å². The molecule has 6 nitrogen and oxygen atoms in total. The Kier molecular flexibility index (Phi) is 6.65. The van der Waals surface area contributed by atoms with Crippen LogP contribution in [0.3, 0.4) is 0 Å². The lowest BCUT2D eigenvalue weighted by atomic mass is 10.1. The van der Waals surface area contributed by atoms with Crippen LogP contribution >= 0.6 is 0 Å². The molecule has 0 radical (unpaired) electrons. The Morgan fingerprint density at radius 2 is 1.71 bits per heavy atom. The van der Waals surface area contributed by atoms with Crippen LogP contribution < -0.4 is 14.4 Å². The topological polar surface area (TPSA) is 75.7 Å². The molecule has 3 aromatic rings. The first-order chi connectivity index (χ1) is 14.7. The zero-order valence-corrected chi connectivity index (χ0v) is 18.9. The summed E-state index contributed by atoms with van der Waals surface area (Å²) in [6, 6.07) is 19.8. The number of nitrogens with zero attached hydrogens (tertiary/aromatic N) is 1. The van der Waals surface area contributed by atoms with E-state index in [-0.39, 0.29) is 12.5 Å². The number of sulfonamides is 1. The minimum atomic E-state index is -3.49. The number of rotatable bonds is 7. The van der Waals surface area contributed by atoms with Crippen molar-refractivity contribution < 1.29 is 17.9 Å². The van der Waals surface area contributed by atoms with E-state index in [0.29, 0.717) is 22.7 Å². The Bertz CT molecular complexity index is 1190. The Morgan fingerprint density at radius 3 is 2.35 bits per heavy atom. The average Bonchev–Trinajstić information content (AvgIpc) is 2.73. The minimum absolute atomic E-state index is 0.181. The van der Waals surface area contributed by atoms with Crippen molar-refractivity contribution in [2.45, 2.75) is 20.4 Å². The molecule has 0 aliphatic heterocycles. The van der Waals surface area contributed by atoms with Gasteiger partial charge in [0, 0.05) is 17.3 Å². The summed E-state index contributed by atoms with van der Waals surface area (Å²) in [5.74, 6) is 0.398. The molecule has 3 rings (SSSR count). The summed E-state index contributed by atoms with van der Waals surface area (Å²) in [6.07, 6.45) is 1.20. The second kappa shape index (κ2) is 9.22. The summed E-state index contributed by atoms with van der Waals surface area (Å²) >= 11 is 0. The molecule has 0 saturated carbocycles. The maximum absolute atomic E-state index is 12.6. The van der Waals surface area contributed by atoms with Gasteiger partial charge in [0.25, 0.3) is 5.91 Å². The first-order valence-corrected chi connectivity index (χ1v) is 11.6. The summed E-state index contributed by atoms with van der Waals surface area (Å²) < 4.78 is 31.5. The fourth-order valence-electron chi connectivity index (χ4n) is 3.20. The van der Waals surface area contributed by atoms with E-state index in [4.69, 9.17) is 4.74 Å². The fourth-order valence-corrected chi connectivity index (χ4v) is 4.14. The molecule has 0 fully saturated rings. The molecule has 0 spiro atoms. The Labute approximate surface area is 183 Å². The van der Waals surface area contributed by atoms with E-state index in [1.807, 2.05) is 32.0 Å². The second-order valence-electron chi connectivity index (χ2n) is 7.44. The predicted octanol–water partition coefficient (Wildman–Crippen LogP) is 4.53. The standard InChI is InChI=1S/C24H26N2O4S/c1-17-8-9-18(2)23(14-17)26(31(4,28)29)16-19-10-12-20(13-11-19)24(27)25-21-6-5-7-22(15-21)30-3/h5-15H,16H2,1-4H3,(H,25,27). The minimum Gasteiger partial charge on any atom is -0.497 e. The Hall–Kier alpha value is -3.32. The summed E-state index contributed by atoms with van der Waals surface area (Å²) in [7, 11) is -1.92. The molecule has 1 amide bonds. The van der Waals surface area contributed by atoms with Crippen molar-refractivity contribution in [2.75, 3.05) is 23.0 Å². The van der Waals surface area contributed by atoms with E-state index >= 15 is 0 Å². The number of hydrogen-bond acceptors (Lipinski definition) is 4. The molecule has 0 bridgehead atoms. The lowest BCUT2D eigenvalue weighted by Gasteiger charge is -2.25. The van der Waals surface area contributed by atoms with Gasteiger partial charge in [-0.1, -0.05) is 30.3 Å². The third-order valence-corrected chi connectivity index (χ3v) is 6.03. The highest BCUT2D eigenvalue weighted by Gasteiger charge is 2.20. The number of anilines is 2.